The van der Waals surface area contributed by atoms with Crippen LogP contribution in [0.3, 0.4) is 0 Å². The first-order valence-corrected chi connectivity index (χ1v) is 8.17. The molecule has 2 N–H and O–H groups in total. The predicted octanol–water partition coefficient (Wildman–Crippen LogP) is 0.997. The van der Waals surface area contributed by atoms with Crippen molar-refractivity contribution in [2.45, 2.75) is 25.3 Å². The molecule has 0 bridgehead atoms. The van der Waals surface area contributed by atoms with E-state index in [-0.39, 0.29) is 4.90 Å². The van der Waals surface area contributed by atoms with Crippen LogP contribution < -0.4 is 10.0 Å². The maximum absolute atomic E-state index is 12.2. The zero-order valence-corrected chi connectivity index (χ0v) is 12.9. The summed E-state index contributed by atoms with van der Waals surface area (Å²) < 4.78 is 28.6. The van der Waals surface area contributed by atoms with Gasteiger partial charge in [0.05, 0.1) is 24.6 Å². The lowest BCUT2D eigenvalue weighted by atomic mass is 10.3. The number of pyridine rings is 1. The number of aryl methyl sites for hydroxylation is 1. The molecule has 0 aliphatic heterocycles. The fraction of sp³-hybridized carbons (Fsp3) is 0.385. The van der Waals surface area contributed by atoms with Crippen LogP contribution in [0.4, 0.5) is 5.69 Å². The van der Waals surface area contributed by atoms with E-state index in [1.54, 1.807) is 16.9 Å². The van der Waals surface area contributed by atoms with Gasteiger partial charge >= 0.3 is 0 Å². The Kier molecular flexibility index (Phi) is 4.92. The Morgan fingerprint density at radius 1 is 1.29 bits per heavy atom. The van der Waals surface area contributed by atoms with E-state index in [0.29, 0.717) is 12.2 Å². The summed E-state index contributed by atoms with van der Waals surface area (Å²) in [4.78, 5) is 4.10. The monoisotopic (exact) mass is 309 g/mol. The first-order valence-electron chi connectivity index (χ1n) is 6.69. The largest absolute Gasteiger partial charge is 0.315 e. The van der Waals surface area contributed by atoms with Gasteiger partial charge in [-0.05, 0) is 25.1 Å². The normalized spacial score (nSPS) is 11.5. The Morgan fingerprint density at radius 2 is 2.10 bits per heavy atom. The van der Waals surface area contributed by atoms with Gasteiger partial charge in [-0.15, -0.1) is 0 Å². The van der Waals surface area contributed by atoms with Crippen LogP contribution in [0.1, 0.15) is 12.5 Å². The molecule has 0 spiro atoms. The van der Waals surface area contributed by atoms with E-state index in [1.165, 1.54) is 18.6 Å². The van der Waals surface area contributed by atoms with Gasteiger partial charge in [0.15, 0.2) is 0 Å². The smallest absolute Gasteiger partial charge is 0.265 e. The summed E-state index contributed by atoms with van der Waals surface area (Å²) in [6, 6.07) is 1.72. The Bertz CT molecular complexity index is 696. The van der Waals surface area contributed by atoms with E-state index in [9.17, 15) is 8.42 Å². The fourth-order valence-electron chi connectivity index (χ4n) is 1.80. The summed E-state index contributed by atoms with van der Waals surface area (Å²) in [5.74, 6) is 0. The molecular formula is C13H19N5O2S. The first-order chi connectivity index (χ1) is 10.0. The van der Waals surface area contributed by atoms with Crippen LogP contribution in [0, 0.1) is 6.92 Å². The van der Waals surface area contributed by atoms with Gasteiger partial charge in [-0.3, -0.25) is 14.4 Å². The molecule has 21 heavy (non-hydrogen) atoms. The van der Waals surface area contributed by atoms with Crippen LogP contribution in [-0.4, -0.2) is 36.3 Å². The molecule has 114 valence electrons. The van der Waals surface area contributed by atoms with Crippen molar-refractivity contribution in [3.05, 3.63) is 36.4 Å². The highest BCUT2D eigenvalue weighted by Crippen LogP contribution is 2.15. The van der Waals surface area contributed by atoms with Gasteiger partial charge in [0.25, 0.3) is 10.0 Å². The second kappa shape index (κ2) is 6.68. The van der Waals surface area contributed by atoms with E-state index in [0.717, 1.165) is 18.7 Å². The third-order valence-corrected chi connectivity index (χ3v) is 4.15. The summed E-state index contributed by atoms with van der Waals surface area (Å²) >= 11 is 0. The van der Waals surface area contributed by atoms with Crippen molar-refractivity contribution in [1.82, 2.24) is 20.1 Å². The van der Waals surface area contributed by atoms with Crippen LogP contribution in [0.2, 0.25) is 0 Å². The summed E-state index contributed by atoms with van der Waals surface area (Å²) in [5, 5.41) is 7.21. The predicted molar refractivity (Wildman–Crippen MR) is 80.6 cm³/mol. The average molecular weight is 309 g/mol. The molecule has 7 nitrogen and oxygen atoms in total. The number of hydrogen-bond acceptors (Lipinski definition) is 5. The average Bonchev–Trinajstić information content (AvgIpc) is 2.88. The van der Waals surface area contributed by atoms with Crippen molar-refractivity contribution >= 4 is 15.7 Å². The van der Waals surface area contributed by atoms with E-state index in [2.05, 4.69) is 20.1 Å². The lowest BCUT2D eigenvalue weighted by Gasteiger charge is -2.06. The number of sulfonamides is 1. The maximum Gasteiger partial charge on any atom is 0.265 e. The molecule has 0 fully saturated rings. The molecule has 2 aromatic heterocycles. The molecule has 0 aliphatic carbocycles. The minimum atomic E-state index is -3.63. The van der Waals surface area contributed by atoms with Gasteiger partial charge in [-0.2, -0.15) is 5.10 Å². The SMILES string of the molecule is CCNCCn1cc(S(=O)(=O)Nc2cncc(C)c2)cn1. The van der Waals surface area contributed by atoms with E-state index in [1.807, 2.05) is 13.8 Å². The van der Waals surface area contributed by atoms with E-state index >= 15 is 0 Å². The van der Waals surface area contributed by atoms with Crippen LogP contribution in [0.25, 0.3) is 0 Å². The highest BCUT2D eigenvalue weighted by molar-refractivity contribution is 7.92. The van der Waals surface area contributed by atoms with E-state index < -0.39 is 10.0 Å². The number of nitrogens with one attached hydrogen (secondary N) is 2. The molecule has 2 aromatic rings. The van der Waals surface area contributed by atoms with Gasteiger partial charge in [0.2, 0.25) is 0 Å². The Hall–Kier alpha value is -1.93. The van der Waals surface area contributed by atoms with Crippen LogP contribution in [-0.2, 0) is 16.6 Å². The highest BCUT2D eigenvalue weighted by Gasteiger charge is 2.16. The molecule has 0 saturated heterocycles. The van der Waals surface area contributed by atoms with Crippen LogP contribution >= 0.6 is 0 Å². The molecule has 8 heteroatoms. The third-order valence-electron chi connectivity index (χ3n) is 2.81. The Balaban J connectivity index is 2.09. The topological polar surface area (TPSA) is 88.9 Å². The maximum atomic E-state index is 12.2. The fourth-order valence-corrected chi connectivity index (χ4v) is 2.79. The summed E-state index contributed by atoms with van der Waals surface area (Å²) in [7, 11) is -3.63. The van der Waals surface area contributed by atoms with Crippen LogP contribution in [0.15, 0.2) is 35.7 Å². The first kappa shape index (κ1) is 15.5. The lowest BCUT2D eigenvalue weighted by Crippen LogP contribution is -2.19. The number of likely N-dealkylation sites (N-methyl/N-ethyl adjacent to an activating group) is 1. The van der Waals surface area contributed by atoms with Crippen molar-refractivity contribution in [1.29, 1.82) is 0 Å². The number of anilines is 1. The molecular weight excluding hydrogens is 290 g/mol. The number of hydrogen-bond donors (Lipinski definition) is 2. The summed E-state index contributed by atoms with van der Waals surface area (Å²) in [5.41, 5.74) is 1.33. The van der Waals surface area contributed by atoms with E-state index in [4.69, 9.17) is 0 Å². The number of aromatic nitrogens is 3. The highest BCUT2D eigenvalue weighted by atomic mass is 32.2. The minimum Gasteiger partial charge on any atom is -0.315 e. The van der Waals surface area contributed by atoms with Crippen LogP contribution in [0.5, 0.6) is 0 Å². The van der Waals surface area contributed by atoms with Gasteiger partial charge < -0.3 is 5.32 Å². The molecule has 2 rings (SSSR count). The standard InChI is InChI=1S/C13H19N5O2S/c1-3-14-4-5-18-10-13(9-16-18)21(19,20)17-12-6-11(2)7-15-8-12/h6-10,14,17H,3-5H2,1-2H3. The quantitative estimate of drug-likeness (QED) is 0.745. The molecule has 0 amide bonds. The van der Waals surface area contributed by atoms with Gasteiger partial charge in [-0.25, -0.2) is 8.42 Å². The zero-order valence-electron chi connectivity index (χ0n) is 12.1. The Morgan fingerprint density at radius 3 is 2.81 bits per heavy atom. The third kappa shape index (κ3) is 4.27. The molecule has 0 atom stereocenters. The van der Waals surface area contributed by atoms with Crippen molar-refractivity contribution in [2.24, 2.45) is 0 Å². The van der Waals surface area contributed by atoms with Crippen molar-refractivity contribution in [3.8, 4) is 0 Å². The molecule has 0 aromatic carbocycles. The number of nitrogens with zero attached hydrogens (tertiary/aromatic N) is 3. The van der Waals surface area contributed by atoms with Gasteiger partial charge in [-0.1, -0.05) is 6.92 Å². The zero-order chi connectivity index (χ0) is 15.3. The molecule has 0 saturated carbocycles. The van der Waals surface area contributed by atoms with Crippen molar-refractivity contribution in [2.75, 3.05) is 17.8 Å². The summed E-state index contributed by atoms with van der Waals surface area (Å²) in [6.07, 6.45) is 6.00. The Labute approximate surface area is 124 Å². The second-order valence-corrected chi connectivity index (χ2v) is 6.33. The second-order valence-electron chi connectivity index (χ2n) is 4.65. The molecule has 2 heterocycles. The van der Waals surface area contributed by atoms with Gasteiger partial charge in [0.1, 0.15) is 4.90 Å². The minimum absolute atomic E-state index is 0.139. The van der Waals surface area contributed by atoms with Gasteiger partial charge in [0, 0.05) is 18.9 Å². The summed E-state index contributed by atoms with van der Waals surface area (Å²) in [6.45, 7) is 6.10. The molecule has 0 radical (unpaired) electrons. The molecule has 0 unspecified atom stereocenters. The van der Waals surface area contributed by atoms with Crippen molar-refractivity contribution in [3.63, 3.8) is 0 Å². The number of rotatable bonds is 7. The molecule has 0 aliphatic rings. The lowest BCUT2D eigenvalue weighted by molar-refractivity contribution is 0.564. The van der Waals surface area contributed by atoms with Crippen molar-refractivity contribution < 1.29 is 8.42 Å².